The van der Waals surface area contributed by atoms with Gasteiger partial charge in [-0.2, -0.15) is 0 Å². The Kier molecular flexibility index (Phi) is 2.90. The summed E-state index contributed by atoms with van der Waals surface area (Å²) in [5, 5.41) is 3.52. The molecule has 0 aliphatic carbocycles. The van der Waals surface area contributed by atoms with Crippen LogP contribution in [-0.2, 0) is 7.05 Å². The molecule has 19 heavy (non-hydrogen) atoms. The molecule has 0 atom stereocenters. The molecule has 1 nitrogen and oxygen atoms in total. The minimum absolute atomic E-state index is 1.32. The van der Waals surface area contributed by atoms with Crippen LogP contribution in [0.3, 0.4) is 0 Å². The fourth-order valence-corrected chi connectivity index (χ4v) is 3.49. The van der Waals surface area contributed by atoms with Crippen LogP contribution in [0.2, 0.25) is 0 Å². The van der Waals surface area contributed by atoms with Crippen LogP contribution < -0.4 is 4.57 Å². The number of nitrogens with zero attached hydrogens (tertiary/aromatic N) is 1. The zero-order valence-corrected chi connectivity index (χ0v) is 12.6. The Morgan fingerprint density at radius 3 is 2.63 bits per heavy atom. The van der Waals surface area contributed by atoms with Gasteiger partial charge < -0.3 is 0 Å². The lowest BCUT2D eigenvalue weighted by Gasteiger charge is -2.10. The molecule has 0 aliphatic heterocycles. The largest absolute Gasteiger partial charge is 0.221 e. The summed E-state index contributed by atoms with van der Waals surface area (Å²) in [6.07, 6.45) is 2.16. The summed E-state index contributed by atoms with van der Waals surface area (Å²) in [5.74, 6) is 0. The van der Waals surface area contributed by atoms with Gasteiger partial charge in [-0.25, -0.2) is 4.57 Å². The molecule has 0 saturated heterocycles. The van der Waals surface area contributed by atoms with Gasteiger partial charge in [0.05, 0.1) is 10.9 Å². The summed E-state index contributed by atoms with van der Waals surface area (Å²) in [6.45, 7) is 6.58. The van der Waals surface area contributed by atoms with E-state index in [0.29, 0.717) is 0 Å². The van der Waals surface area contributed by atoms with Gasteiger partial charge in [0.2, 0.25) is 5.69 Å². The average Bonchev–Trinajstić information content (AvgIpc) is 2.82. The predicted molar refractivity (Wildman–Crippen MR) is 82.6 cm³/mol. The van der Waals surface area contributed by atoms with Gasteiger partial charge >= 0.3 is 0 Å². The second kappa shape index (κ2) is 4.46. The molecule has 0 fully saturated rings. The van der Waals surface area contributed by atoms with E-state index in [9.17, 15) is 0 Å². The molecular formula is C17H18NS+. The summed E-state index contributed by atoms with van der Waals surface area (Å²) in [6, 6.07) is 8.98. The summed E-state index contributed by atoms with van der Waals surface area (Å²) in [4.78, 5) is 0. The van der Waals surface area contributed by atoms with Crippen molar-refractivity contribution < 1.29 is 4.57 Å². The Morgan fingerprint density at radius 2 is 1.84 bits per heavy atom. The first kappa shape index (κ1) is 12.4. The molecule has 2 heterocycles. The summed E-state index contributed by atoms with van der Waals surface area (Å²) in [5.41, 5.74) is 6.74. The van der Waals surface area contributed by atoms with Crippen molar-refractivity contribution in [2.24, 2.45) is 7.05 Å². The zero-order valence-electron chi connectivity index (χ0n) is 11.8. The van der Waals surface area contributed by atoms with Crippen molar-refractivity contribution in [3.05, 3.63) is 52.5 Å². The minimum atomic E-state index is 1.32. The lowest BCUT2D eigenvalue weighted by molar-refractivity contribution is -0.659. The average molecular weight is 268 g/mol. The Bertz CT molecular complexity index is 768. The molecule has 3 aromatic rings. The van der Waals surface area contributed by atoms with E-state index in [-0.39, 0.29) is 0 Å². The second-order valence-corrected chi connectivity index (χ2v) is 6.18. The van der Waals surface area contributed by atoms with Gasteiger partial charge in [0.1, 0.15) is 7.05 Å². The third-order valence-electron chi connectivity index (χ3n) is 3.82. The monoisotopic (exact) mass is 268 g/mol. The number of benzene rings is 1. The van der Waals surface area contributed by atoms with E-state index in [1.807, 2.05) is 0 Å². The molecule has 0 N–H and O–H groups in total. The first-order chi connectivity index (χ1) is 9.08. The van der Waals surface area contributed by atoms with Gasteiger partial charge in [0.15, 0.2) is 6.20 Å². The molecule has 0 amide bonds. The molecule has 96 valence electrons. The van der Waals surface area contributed by atoms with E-state index >= 15 is 0 Å². The normalized spacial score (nSPS) is 11.2. The highest BCUT2D eigenvalue weighted by molar-refractivity contribution is 7.17. The second-order valence-electron chi connectivity index (χ2n) is 5.23. The maximum Gasteiger partial charge on any atom is 0.221 e. The Morgan fingerprint density at radius 1 is 1.05 bits per heavy atom. The first-order valence-electron chi connectivity index (χ1n) is 6.52. The highest BCUT2D eigenvalue weighted by atomic mass is 32.1. The van der Waals surface area contributed by atoms with Gasteiger partial charge in [-0.1, -0.05) is 11.6 Å². The maximum atomic E-state index is 2.30. The van der Waals surface area contributed by atoms with Crippen molar-refractivity contribution in [3.63, 3.8) is 0 Å². The lowest BCUT2D eigenvalue weighted by Crippen LogP contribution is -2.30. The van der Waals surface area contributed by atoms with E-state index in [0.717, 1.165) is 0 Å². The highest BCUT2D eigenvalue weighted by Gasteiger charge is 2.18. The smallest absolute Gasteiger partial charge is 0.200 e. The fraction of sp³-hybridized carbons (Fsp3) is 0.235. The Balaban J connectivity index is 2.42. The number of aryl methyl sites for hydroxylation is 3. The van der Waals surface area contributed by atoms with Gasteiger partial charge in [0, 0.05) is 10.8 Å². The first-order valence-corrected chi connectivity index (χ1v) is 7.40. The zero-order chi connectivity index (χ0) is 13.6. The van der Waals surface area contributed by atoms with Crippen molar-refractivity contribution in [1.29, 1.82) is 0 Å². The lowest BCUT2D eigenvalue weighted by atomic mass is 9.96. The quantitative estimate of drug-likeness (QED) is 0.579. The molecule has 3 rings (SSSR count). The molecule has 0 bridgehead atoms. The van der Waals surface area contributed by atoms with Gasteiger partial charge in [-0.15, -0.1) is 11.3 Å². The van der Waals surface area contributed by atoms with E-state index in [2.05, 4.69) is 68.2 Å². The maximum absolute atomic E-state index is 2.30. The van der Waals surface area contributed by atoms with Crippen LogP contribution in [0.1, 0.15) is 16.7 Å². The highest BCUT2D eigenvalue weighted by Crippen LogP contribution is 2.32. The molecule has 0 aliphatic rings. The Hall–Kier alpha value is -1.67. The molecule has 0 saturated carbocycles. The number of fused-ring (bicyclic) bond motifs is 1. The van der Waals surface area contributed by atoms with Crippen LogP contribution in [0.5, 0.6) is 0 Å². The summed E-state index contributed by atoms with van der Waals surface area (Å²) >= 11 is 1.81. The van der Waals surface area contributed by atoms with Crippen molar-refractivity contribution >= 4 is 21.4 Å². The van der Waals surface area contributed by atoms with Crippen molar-refractivity contribution in [3.8, 4) is 11.3 Å². The number of aromatic nitrogens is 1. The molecule has 2 aromatic heterocycles. The number of hydrogen-bond acceptors (Lipinski definition) is 1. The van der Waals surface area contributed by atoms with E-state index in [1.54, 1.807) is 11.3 Å². The topological polar surface area (TPSA) is 3.88 Å². The van der Waals surface area contributed by atoms with Crippen LogP contribution in [0, 0.1) is 20.8 Å². The summed E-state index contributed by atoms with van der Waals surface area (Å²) in [7, 11) is 2.13. The number of pyridine rings is 1. The van der Waals surface area contributed by atoms with Gasteiger partial charge in [-0.05, 0) is 49.4 Å². The van der Waals surface area contributed by atoms with E-state index in [1.165, 1.54) is 38.0 Å². The molecular weight excluding hydrogens is 250 g/mol. The van der Waals surface area contributed by atoms with E-state index in [4.69, 9.17) is 0 Å². The number of hydrogen-bond donors (Lipinski definition) is 0. The van der Waals surface area contributed by atoms with Crippen LogP contribution in [-0.4, -0.2) is 0 Å². The minimum Gasteiger partial charge on any atom is -0.200 e. The van der Waals surface area contributed by atoms with Gasteiger partial charge in [0.25, 0.3) is 0 Å². The molecule has 0 spiro atoms. The summed E-state index contributed by atoms with van der Waals surface area (Å²) < 4.78 is 3.59. The molecule has 0 radical (unpaired) electrons. The number of thiophene rings is 1. The molecule has 2 heteroatoms. The van der Waals surface area contributed by atoms with Crippen molar-refractivity contribution in [2.75, 3.05) is 0 Å². The van der Waals surface area contributed by atoms with Crippen molar-refractivity contribution in [1.82, 2.24) is 0 Å². The third-order valence-corrected chi connectivity index (χ3v) is 4.70. The van der Waals surface area contributed by atoms with Crippen LogP contribution in [0.4, 0.5) is 0 Å². The standard InChI is InChI=1S/C17H18NS/c1-11-9-12(2)13(3)15(10-11)17-14-6-8-19-16(14)5-7-18(17)4/h5-10H,1-4H3/q+1. The fourth-order valence-electron chi connectivity index (χ4n) is 2.71. The van der Waals surface area contributed by atoms with Gasteiger partial charge in [-0.3, -0.25) is 0 Å². The number of rotatable bonds is 1. The van der Waals surface area contributed by atoms with E-state index < -0.39 is 0 Å². The van der Waals surface area contributed by atoms with Crippen LogP contribution in [0.25, 0.3) is 21.3 Å². The van der Waals surface area contributed by atoms with Crippen molar-refractivity contribution in [2.45, 2.75) is 20.8 Å². The Labute approximate surface area is 118 Å². The predicted octanol–water partition coefficient (Wildman–Crippen LogP) is 4.32. The third kappa shape index (κ3) is 1.96. The molecule has 1 aromatic carbocycles. The molecule has 0 unspecified atom stereocenters. The van der Waals surface area contributed by atoms with Crippen LogP contribution in [0.15, 0.2) is 35.8 Å². The van der Waals surface area contributed by atoms with Crippen LogP contribution >= 0.6 is 11.3 Å². The SMILES string of the molecule is Cc1cc(C)c(C)c(-c2c3ccsc3cc[n+]2C)c1.